The number of benzene rings is 2. The number of anilines is 1. The van der Waals surface area contributed by atoms with Crippen molar-refractivity contribution in [1.82, 2.24) is 13.9 Å². The number of pyridine rings is 1. The minimum atomic E-state index is -3.57. The summed E-state index contributed by atoms with van der Waals surface area (Å²) in [5, 5.41) is 1.02. The van der Waals surface area contributed by atoms with E-state index in [0.717, 1.165) is 66.3 Å². The highest BCUT2D eigenvalue weighted by Gasteiger charge is 2.37. The summed E-state index contributed by atoms with van der Waals surface area (Å²) in [5.74, 6) is 1.01. The Labute approximate surface area is 181 Å². The number of nitrogens with zero attached hydrogens (tertiary/aromatic N) is 4. The molecular weight excluding hydrogens is 408 g/mol. The zero-order valence-corrected chi connectivity index (χ0v) is 17.8. The highest BCUT2D eigenvalue weighted by molar-refractivity contribution is 7.90. The number of hydrogen-bond donors (Lipinski definition) is 0. The highest BCUT2D eigenvalue weighted by Crippen LogP contribution is 2.45. The van der Waals surface area contributed by atoms with Crippen molar-refractivity contribution in [3.05, 3.63) is 78.5 Å². The van der Waals surface area contributed by atoms with E-state index in [1.54, 1.807) is 16.1 Å². The Hall–Kier alpha value is -3.16. The van der Waals surface area contributed by atoms with Crippen LogP contribution in [0, 0.1) is 0 Å². The lowest BCUT2D eigenvalue weighted by atomic mass is 10.0. The van der Waals surface area contributed by atoms with Crippen molar-refractivity contribution >= 4 is 26.7 Å². The Kier molecular flexibility index (Phi) is 4.16. The van der Waals surface area contributed by atoms with Gasteiger partial charge >= 0.3 is 0 Å². The van der Waals surface area contributed by atoms with Crippen molar-refractivity contribution in [2.75, 3.05) is 31.1 Å². The molecule has 0 N–H and O–H groups in total. The van der Waals surface area contributed by atoms with Crippen LogP contribution in [0.3, 0.4) is 0 Å². The van der Waals surface area contributed by atoms with E-state index < -0.39 is 10.0 Å². The largest absolute Gasteiger partial charge is 0.354 e. The summed E-state index contributed by atoms with van der Waals surface area (Å²) in [6, 6.07) is 21.2. The predicted molar refractivity (Wildman–Crippen MR) is 122 cm³/mol. The third-order valence-corrected chi connectivity index (χ3v) is 8.10. The Bertz CT molecular complexity index is 1390. The van der Waals surface area contributed by atoms with Crippen molar-refractivity contribution in [3.8, 4) is 11.3 Å². The molecule has 31 heavy (non-hydrogen) atoms. The first-order valence-electron chi connectivity index (χ1n) is 10.5. The summed E-state index contributed by atoms with van der Waals surface area (Å²) in [6.45, 7) is 4.34. The molecule has 4 heterocycles. The van der Waals surface area contributed by atoms with Crippen LogP contribution in [0.25, 0.3) is 22.2 Å². The van der Waals surface area contributed by atoms with E-state index in [1.165, 1.54) is 0 Å². The van der Waals surface area contributed by atoms with Crippen molar-refractivity contribution < 1.29 is 8.42 Å². The Balaban J connectivity index is 1.38. The predicted octanol–water partition coefficient (Wildman–Crippen LogP) is 3.58. The molecule has 0 amide bonds. The second-order valence-electron chi connectivity index (χ2n) is 8.06. The molecule has 0 unspecified atom stereocenters. The van der Waals surface area contributed by atoms with Crippen LogP contribution in [-0.4, -0.2) is 48.5 Å². The van der Waals surface area contributed by atoms with Gasteiger partial charge in [-0.3, -0.25) is 4.90 Å². The Morgan fingerprint density at radius 2 is 1.58 bits per heavy atom. The molecule has 6 rings (SSSR count). The second-order valence-corrected chi connectivity index (χ2v) is 9.82. The topological polar surface area (TPSA) is 58.4 Å². The van der Waals surface area contributed by atoms with Gasteiger partial charge in [0.15, 0.2) is 0 Å². The molecule has 0 radical (unpaired) electrons. The van der Waals surface area contributed by atoms with Crippen molar-refractivity contribution in [1.29, 1.82) is 0 Å². The molecule has 0 saturated carbocycles. The summed E-state index contributed by atoms with van der Waals surface area (Å²) in [4.78, 5) is 9.59. The quantitative estimate of drug-likeness (QED) is 0.438. The molecule has 156 valence electrons. The third kappa shape index (κ3) is 2.80. The standard InChI is InChI=1S/C24H22N4O2S/c29-31(30)22-10-4-2-8-19(22)24-20(18-7-1-3-9-21(18)28(24)31)17-26-13-15-27(16-14-26)23-11-5-6-12-25-23/h1-12H,13-17H2. The summed E-state index contributed by atoms with van der Waals surface area (Å²) >= 11 is 0. The highest BCUT2D eigenvalue weighted by atomic mass is 32.2. The van der Waals surface area contributed by atoms with Crippen LogP contribution >= 0.6 is 0 Å². The molecule has 2 aromatic heterocycles. The lowest BCUT2D eigenvalue weighted by Crippen LogP contribution is -2.46. The van der Waals surface area contributed by atoms with Gasteiger partial charge in [-0.25, -0.2) is 17.4 Å². The smallest absolute Gasteiger partial charge is 0.269 e. The molecule has 1 saturated heterocycles. The van der Waals surface area contributed by atoms with Crippen molar-refractivity contribution in [2.24, 2.45) is 0 Å². The maximum Gasteiger partial charge on any atom is 0.269 e. The molecule has 2 aromatic carbocycles. The maximum absolute atomic E-state index is 13.3. The van der Waals surface area contributed by atoms with Crippen LogP contribution in [0.4, 0.5) is 5.82 Å². The summed E-state index contributed by atoms with van der Waals surface area (Å²) in [7, 11) is -3.57. The molecule has 0 bridgehead atoms. The fourth-order valence-corrected chi connectivity index (χ4v) is 6.60. The maximum atomic E-state index is 13.3. The average Bonchev–Trinajstić information content (AvgIpc) is 3.26. The molecule has 0 aliphatic carbocycles. The van der Waals surface area contributed by atoms with Gasteiger partial charge in [-0.05, 0) is 24.3 Å². The van der Waals surface area contributed by atoms with Crippen LogP contribution in [-0.2, 0) is 16.6 Å². The molecule has 2 aliphatic rings. The van der Waals surface area contributed by atoms with Gasteiger partial charge in [0.1, 0.15) is 5.82 Å². The monoisotopic (exact) mass is 430 g/mol. The number of para-hydroxylation sites is 1. The molecule has 0 atom stereocenters. The van der Waals surface area contributed by atoms with Crippen LogP contribution in [0.1, 0.15) is 5.56 Å². The molecule has 0 spiro atoms. The van der Waals surface area contributed by atoms with Gasteiger partial charge < -0.3 is 4.90 Å². The van der Waals surface area contributed by atoms with Gasteiger partial charge in [0.05, 0.1) is 16.1 Å². The molecular formula is C24H22N4O2S. The lowest BCUT2D eigenvalue weighted by molar-refractivity contribution is 0.250. The first-order chi connectivity index (χ1) is 15.1. The number of fused-ring (bicyclic) bond motifs is 5. The molecule has 7 heteroatoms. The van der Waals surface area contributed by atoms with E-state index in [-0.39, 0.29) is 0 Å². The normalized spacial score (nSPS) is 17.6. The van der Waals surface area contributed by atoms with E-state index >= 15 is 0 Å². The van der Waals surface area contributed by atoms with Gasteiger partial charge in [0.2, 0.25) is 0 Å². The molecule has 4 aromatic rings. The minimum absolute atomic E-state index is 0.400. The van der Waals surface area contributed by atoms with Gasteiger partial charge in [-0.1, -0.05) is 42.5 Å². The van der Waals surface area contributed by atoms with Crippen LogP contribution in [0.2, 0.25) is 0 Å². The zero-order valence-electron chi connectivity index (χ0n) is 17.0. The Morgan fingerprint density at radius 3 is 2.39 bits per heavy atom. The zero-order chi connectivity index (χ0) is 21.0. The average molecular weight is 431 g/mol. The first kappa shape index (κ1) is 18.6. The van der Waals surface area contributed by atoms with Gasteiger partial charge in [0, 0.05) is 55.4 Å². The minimum Gasteiger partial charge on any atom is -0.354 e. The fourth-order valence-electron chi connectivity index (χ4n) is 4.84. The van der Waals surface area contributed by atoms with E-state index in [0.29, 0.717) is 4.90 Å². The third-order valence-electron chi connectivity index (χ3n) is 6.32. The summed E-state index contributed by atoms with van der Waals surface area (Å²) in [6.07, 6.45) is 1.83. The van der Waals surface area contributed by atoms with E-state index in [9.17, 15) is 8.42 Å². The van der Waals surface area contributed by atoms with Gasteiger partial charge in [0.25, 0.3) is 10.0 Å². The lowest BCUT2D eigenvalue weighted by Gasteiger charge is -2.35. The van der Waals surface area contributed by atoms with Crippen LogP contribution in [0.5, 0.6) is 0 Å². The summed E-state index contributed by atoms with van der Waals surface area (Å²) < 4.78 is 28.2. The number of piperazine rings is 1. The number of hydrogen-bond acceptors (Lipinski definition) is 5. The van der Waals surface area contributed by atoms with Crippen molar-refractivity contribution in [3.63, 3.8) is 0 Å². The van der Waals surface area contributed by atoms with E-state index in [4.69, 9.17) is 0 Å². The van der Waals surface area contributed by atoms with Gasteiger partial charge in [-0.15, -0.1) is 0 Å². The summed E-state index contributed by atoms with van der Waals surface area (Å²) in [5.41, 5.74) is 3.48. The number of aromatic nitrogens is 2. The van der Waals surface area contributed by atoms with Gasteiger partial charge in [-0.2, -0.15) is 0 Å². The molecule has 2 aliphatic heterocycles. The van der Waals surface area contributed by atoms with Crippen LogP contribution < -0.4 is 4.90 Å². The fraction of sp³-hybridized carbons (Fsp3) is 0.208. The Morgan fingerprint density at radius 1 is 0.839 bits per heavy atom. The second kappa shape index (κ2) is 6.93. The van der Waals surface area contributed by atoms with Crippen LogP contribution in [0.15, 0.2) is 77.8 Å². The molecule has 1 fully saturated rings. The van der Waals surface area contributed by atoms with Crippen molar-refractivity contribution in [2.45, 2.75) is 11.4 Å². The van der Waals surface area contributed by atoms with E-state index in [2.05, 4.69) is 14.8 Å². The first-order valence-corrected chi connectivity index (χ1v) is 11.9. The molecule has 6 nitrogen and oxygen atoms in total. The SMILES string of the molecule is O=S1(=O)c2ccccc2-c2c(CN3CCN(c4ccccn4)CC3)c3ccccc3n21. The number of rotatable bonds is 3. The van der Waals surface area contributed by atoms with E-state index in [1.807, 2.05) is 60.8 Å².